The highest BCUT2D eigenvalue weighted by Gasteiger charge is 2.19. The van der Waals surface area contributed by atoms with Crippen LogP contribution in [0.15, 0.2) is 6.33 Å². The van der Waals surface area contributed by atoms with E-state index in [1.807, 2.05) is 0 Å². The summed E-state index contributed by atoms with van der Waals surface area (Å²) >= 11 is 0. The van der Waals surface area contributed by atoms with Crippen LogP contribution in [0, 0.1) is 10.1 Å². The number of nitro groups is 1. The summed E-state index contributed by atoms with van der Waals surface area (Å²) in [4.78, 5) is 24.0. The number of carbonyl (C=O) groups is 1. The Kier molecular flexibility index (Phi) is 4.40. The van der Waals surface area contributed by atoms with Gasteiger partial charge in [-0.15, -0.1) is 0 Å². The SMILES string of the molecule is Cn1cnc([N+](=O)[O-])c1NCCOCC(N)=O. The van der Waals surface area contributed by atoms with Gasteiger partial charge in [0, 0.05) is 13.6 Å². The number of aryl methyl sites for hydroxylation is 1. The van der Waals surface area contributed by atoms with Crippen molar-refractivity contribution < 1.29 is 14.5 Å². The molecule has 0 unspecified atom stereocenters. The fourth-order valence-electron chi connectivity index (χ4n) is 1.17. The van der Waals surface area contributed by atoms with Gasteiger partial charge in [-0.1, -0.05) is 0 Å². The molecule has 1 aromatic rings. The van der Waals surface area contributed by atoms with Gasteiger partial charge in [-0.3, -0.25) is 9.36 Å². The molecule has 0 fully saturated rings. The zero-order chi connectivity index (χ0) is 12.8. The van der Waals surface area contributed by atoms with Gasteiger partial charge in [-0.2, -0.15) is 0 Å². The van der Waals surface area contributed by atoms with Gasteiger partial charge in [0.15, 0.2) is 0 Å². The number of rotatable bonds is 7. The molecule has 1 rings (SSSR count). The van der Waals surface area contributed by atoms with Gasteiger partial charge in [0.1, 0.15) is 6.61 Å². The van der Waals surface area contributed by atoms with E-state index >= 15 is 0 Å². The monoisotopic (exact) mass is 243 g/mol. The lowest BCUT2D eigenvalue weighted by atomic mass is 10.5. The Morgan fingerprint density at radius 3 is 3.06 bits per heavy atom. The lowest BCUT2D eigenvalue weighted by Crippen LogP contribution is -2.21. The van der Waals surface area contributed by atoms with Crippen molar-refractivity contribution in [2.24, 2.45) is 12.8 Å². The van der Waals surface area contributed by atoms with E-state index in [1.165, 1.54) is 10.9 Å². The summed E-state index contributed by atoms with van der Waals surface area (Å²) in [6, 6.07) is 0. The Balaban J connectivity index is 2.43. The van der Waals surface area contributed by atoms with Crippen LogP contribution < -0.4 is 11.1 Å². The van der Waals surface area contributed by atoms with Crippen LogP contribution in [0.25, 0.3) is 0 Å². The van der Waals surface area contributed by atoms with Crippen molar-refractivity contribution in [2.75, 3.05) is 25.1 Å². The number of ether oxygens (including phenoxy) is 1. The van der Waals surface area contributed by atoms with E-state index in [0.717, 1.165) is 0 Å². The Morgan fingerprint density at radius 1 is 1.76 bits per heavy atom. The summed E-state index contributed by atoms with van der Waals surface area (Å²) in [5.74, 6) is -0.517. The molecule has 9 nitrogen and oxygen atoms in total. The Morgan fingerprint density at radius 2 is 2.47 bits per heavy atom. The molecular weight excluding hydrogens is 230 g/mol. The molecule has 1 aromatic heterocycles. The first-order chi connectivity index (χ1) is 8.02. The highest BCUT2D eigenvalue weighted by molar-refractivity contribution is 5.74. The maximum Gasteiger partial charge on any atom is 0.406 e. The van der Waals surface area contributed by atoms with Crippen LogP contribution in [-0.2, 0) is 16.6 Å². The zero-order valence-corrected chi connectivity index (χ0v) is 9.25. The van der Waals surface area contributed by atoms with Crippen LogP contribution in [0.2, 0.25) is 0 Å². The van der Waals surface area contributed by atoms with Gasteiger partial charge >= 0.3 is 5.82 Å². The van der Waals surface area contributed by atoms with Gasteiger partial charge < -0.3 is 25.9 Å². The topological polar surface area (TPSA) is 125 Å². The highest BCUT2D eigenvalue weighted by atomic mass is 16.6. The number of nitrogens with one attached hydrogen (secondary N) is 1. The number of amides is 1. The third kappa shape index (κ3) is 3.72. The number of anilines is 1. The Labute approximate surface area is 96.7 Å². The predicted molar refractivity (Wildman–Crippen MR) is 58.4 cm³/mol. The molecule has 3 N–H and O–H groups in total. The number of imidazole rings is 1. The summed E-state index contributed by atoms with van der Waals surface area (Å²) in [5.41, 5.74) is 4.87. The number of hydrogen-bond donors (Lipinski definition) is 2. The van der Waals surface area contributed by atoms with Crippen LogP contribution in [0.4, 0.5) is 11.6 Å². The molecule has 0 aromatic carbocycles. The Hall–Kier alpha value is -2.16. The van der Waals surface area contributed by atoms with Crippen LogP contribution >= 0.6 is 0 Å². The van der Waals surface area contributed by atoms with Crippen LogP contribution in [-0.4, -0.2) is 40.1 Å². The number of hydrogen-bond acceptors (Lipinski definition) is 6. The van der Waals surface area contributed by atoms with Crippen LogP contribution in [0.5, 0.6) is 0 Å². The maximum absolute atomic E-state index is 10.6. The molecular formula is C8H13N5O4. The summed E-state index contributed by atoms with van der Waals surface area (Å²) in [7, 11) is 1.63. The fourth-order valence-corrected chi connectivity index (χ4v) is 1.17. The second-order valence-corrected chi connectivity index (χ2v) is 3.23. The lowest BCUT2D eigenvalue weighted by Gasteiger charge is -2.06. The molecule has 0 bridgehead atoms. The highest BCUT2D eigenvalue weighted by Crippen LogP contribution is 2.20. The number of nitrogens with zero attached hydrogens (tertiary/aromatic N) is 3. The second-order valence-electron chi connectivity index (χ2n) is 3.23. The van der Waals surface area contributed by atoms with Gasteiger partial charge in [-0.25, -0.2) is 0 Å². The summed E-state index contributed by atoms with van der Waals surface area (Å²) in [6.45, 7) is 0.355. The van der Waals surface area contributed by atoms with E-state index in [-0.39, 0.29) is 24.8 Å². The minimum absolute atomic E-state index is 0.171. The lowest BCUT2D eigenvalue weighted by molar-refractivity contribution is -0.388. The van der Waals surface area contributed by atoms with E-state index in [0.29, 0.717) is 6.54 Å². The second kappa shape index (κ2) is 5.80. The summed E-state index contributed by atoms with van der Waals surface area (Å²) in [6.07, 6.45) is 1.34. The van der Waals surface area contributed by atoms with Crippen LogP contribution in [0.1, 0.15) is 0 Å². The fraction of sp³-hybridized carbons (Fsp3) is 0.500. The van der Waals surface area contributed by atoms with Crippen molar-refractivity contribution in [1.29, 1.82) is 0 Å². The van der Waals surface area contributed by atoms with Gasteiger partial charge in [-0.05, 0) is 9.91 Å². The molecule has 17 heavy (non-hydrogen) atoms. The molecule has 0 aliphatic heterocycles. The van der Waals surface area contributed by atoms with E-state index in [2.05, 4.69) is 10.3 Å². The maximum atomic E-state index is 10.6. The van der Waals surface area contributed by atoms with E-state index < -0.39 is 10.8 Å². The molecule has 9 heteroatoms. The first-order valence-electron chi connectivity index (χ1n) is 4.78. The minimum Gasteiger partial charge on any atom is -0.370 e. The quantitative estimate of drug-likeness (QED) is 0.368. The number of primary amides is 1. The Bertz CT molecular complexity index is 416. The van der Waals surface area contributed by atoms with Crippen molar-refractivity contribution in [2.45, 2.75) is 0 Å². The third-order valence-electron chi connectivity index (χ3n) is 1.87. The normalized spacial score (nSPS) is 10.2. The van der Waals surface area contributed by atoms with Gasteiger partial charge in [0.25, 0.3) is 0 Å². The molecule has 94 valence electrons. The molecule has 0 aliphatic rings. The van der Waals surface area contributed by atoms with E-state index in [9.17, 15) is 14.9 Å². The number of nitrogens with two attached hydrogens (primary N) is 1. The van der Waals surface area contributed by atoms with Gasteiger partial charge in [0.2, 0.25) is 18.1 Å². The van der Waals surface area contributed by atoms with Gasteiger partial charge in [0.05, 0.1) is 6.61 Å². The molecule has 0 radical (unpaired) electrons. The predicted octanol–water partition coefficient (Wildman–Crippen LogP) is -0.758. The standard InChI is InChI=1S/C8H13N5O4/c1-12-5-11-8(13(15)16)7(12)10-2-3-17-4-6(9)14/h5,10H,2-4H2,1H3,(H2,9,14). The molecule has 1 heterocycles. The van der Waals surface area contributed by atoms with Crippen molar-refractivity contribution in [1.82, 2.24) is 9.55 Å². The average Bonchev–Trinajstić information content (AvgIpc) is 2.59. The van der Waals surface area contributed by atoms with E-state index in [4.69, 9.17) is 10.5 Å². The van der Waals surface area contributed by atoms with Crippen molar-refractivity contribution in [3.8, 4) is 0 Å². The molecule has 0 aliphatic carbocycles. The van der Waals surface area contributed by atoms with Crippen molar-refractivity contribution in [3.63, 3.8) is 0 Å². The first-order valence-corrected chi connectivity index (χ1v) is 4.78. The van der Waals surface area contributed by atoms with Crippen molar-refractivity contribution >= 4 is 17.5 Å². The average molecular weight is 243 g/mol. The smallest absolute Gasteiger partial charge is 0.370 e. The number of carbonyl (C=O) groups excluding carboxylic acids is 1. The molecule has 0 saturated heterocycles. The molecule has 1 amide bonds. The third-order valence-corrected chi connectivity index (χ3v) is 1.87. The number of aromatic nitrogens is 2. The van der Waals surface area contributed by atoms with Crippen molar-refractivity contribution in [3.05, 3.63) is 16.4 Å². The zero-order valence-electron chi connectivity index (χ0n) is 9.25. The summed E-state index contributed by atoms with van der Waals surface area (Å²) < 4.78 is 6.39. The summed E-state index contributed by atoms with van der Waals surface area (Å²) in [5, 5.41) is 13.4. The molecule has 0 spiro atoms. The largest absolute Gasteiger partial charge is 0.406 e. The molecule has 0 saturated carbocycles. The minimum atomic E-state index is -0.577. The van der Waals surface area contributed by atoms with Crippen LogP contribution in [0.3, 0.4) is 0 Å². The molecule has 0 atom stereocenters. The van der Waals surface area contributed by atoms with E-state index in [1.54, 1.807) is 7.05 Å². The first kappa shape index (κ1) is 12.9.